The van der Waals surface area contributed by atoms with E-state index >= 15 is 0 Å². The second kappa shape index (κ2) is 12.2. The van der Waals surface area contributed by atoms with Crippen LogP contribution in [0.15, 0.2) is 23.2 Å². The van der Waals surface area contributed by atoms with Gasteiger partial charge in [0.15, 0.2) is 17.5 Å². The molecule has 2 N–H and O–H groups in total. The summed E-state index contributed by atoms with van der Waals surface area (Å²) in [6.45, 7) is 8.85. The second-order valence-corrected chi connectivity index (χ2v) is 7.49. The van der Waals surface area contributed by atoms with Crippen LogP contribution in [0, 0.1) is 0 Å². The maximum absolute atomic E-state index is 12.4. The Morgan fingerprint density at radius 2 is 1.83 bits per heavy atom. The van der Waals surface area contributed by atoms with Crippen LogP contribution in [0.25, 0.3) is 0 Å². The summed E-state index contributed by atoms with van der Waals surface area (Å²) in [5, 5.41) is 13.6. The number of para-hydroxylation sites is 1. The summed E-state index contributed by atoms with van der Waals surface area (Å²) < 4.78 is 5.18. The Labute approximate surface area is 196 Å². The first-order valence-corrected chi connectivity index (χ1v) is 10.5. The van der Waals surface area contributed by atoms with E-state index in [4.69, 9.17) is 9.73 Å². The molecule has 0 unspecified atom stereocenters. The molecular formula is C21H34IN5O3. The number of piperazine rings is 1. The second-order valence-electron chi connectivity index (χ2n) is 7.49. The van der Waals surface area contributed by atoms with E-state index in [-0.39, 0.29) is 35.6 Å². The van der Waals surface area contributed by atoms with Gasteiger partial charge in [-0.15, -0.1) is 24.0 Å². The van der Waals surface area contributed by atoms with Crippen molar-refractivity contribution in [1.82, 2.24) is 20.0 Å². The Morgan fingerprint density at radius 3 is 2.47 bits per heavy atom. The molecule has 0 spiro atoms. The molecule has 1 amide bonds. The average molecular weight is 531 g/mol. The fourth-order valence-corrected chi connectivity index (χ4v) is 3.82. The van der Waals surface area contributed by atoms with Gasteiger partial charge in [0.1, 0.15) is 0 Å². The fraction of sp³-hybridized carbons (Fsp3) is 0.619. The van der Waals surface area contributed by atoms with Crippen LogP contribution in [-0.4, -0.2) is 91.1 Å². The third-order valence-corrected chi connectivity index (χ3v) is 5.53. The van der Waals surface area contributed by atoms with Crippen LogP contribution < -0.4 is 10.1 Å². The van der Waals surface area contributed by atoms with E-state index in [9.17, 15) is 9.90 Å². The first-order chi connectivity index (χ1) is 14.1. The summed E-state index contributed by atoms with van der Waals surface area (Å²) in [5.41, 5.74) is 0.731. The van der Waals surface area contributed by atoms with Gasteiger partial charge in [-0.05, 0) is 25.8 Å². The number of benzene rings is 1. The summed E-state index contributed by atoms with van der Waals surface area (Å²) >= 11 is 0. The van der Waals surface area contributed by atoms with Crippen molar-refractivity contribution in [1.29, 1.82) is 0 Å². The molecule has 2 aliphatic heterocycles. The molecule has 9 heteroatoms. The van der Waals surface area contributed by atoms with Crippen molar-refractivity contribution in [3.05, 3.63) is 23.8 Å². The number of ether oxygens (including phenoxy) is 1. The third kappa shape index (κ3) is 6.37. The Hall–Kier alpha value is -1.75. The van der Waals surface area contributed by atoms with Crippen molar-refractivity contribution in [2.75, 3.05) is 59.5 Å². The molecule has 2 fully saturated rings. The van der Waals surface area contributed by atoms with Crippen molar-refractivity contribution in [3.63, 3.8) is 0 Å². The number of halogens is 1. The minimum Gasteiger partial charge on any atom is -0.504 e. The van der Waals surface area contributed by atoms with Crippen LogP contribution in [0.5, 0.6) is 11.5 Å². The summed E-state index contributed by atoms with van der Waals surface area (Å²) in [4.78, 5) is 23.5. The SMILES string of the molecule is CCNC(=NCc1cccc(OC)c1O)N1CCN(CC(=O)N2CCCC2)CC1.I. The molecule has 0 saturated carbocycles. The number of hydrogen-bond donors (Lipinski definition) is 2. The number of hydrogen-bond acceptors (Lipinski definition) is 5. The summed E-state index contributed by atoms with van der Waals surface area (Å²) in [5.74, 6) is 1.68. The number of guanidine groups is 1. The Kier molecular flexibility index (Phi) is 9.96. The lowest BCUT2D eigenvalue weighted by molar-refractivity contribution is -0.131. The lowest BCUT2D eigenvalue weighted by Crippen LogP contribution is -2.54. The zero-order valence-electron chi connectivity index (χ0n) is 18.0. The minimum atomic E-state index is 0. The highest BCUT2D eigenvalue weighted by Gasteiger charge is 2.24. The monoisotopic (exact) mass is 531 g/mol. The van der Waals surface area contributed by atoms with Crippen LogP contribution in [0.3, 0.4) is 0 Å². The Morgan fingerprint density at radius 1 is 1.13 bits per heavy atom. The number of phenolic OH excluding ortho intramolecular Hbond substituents is 1. The third-order valence-electron chi connectivity index (χ3n) is 5.53. The number of aliphatic imine (C=N–C) groups is 1. The van der Waals surface area contributed by atoms with Crippen LogP contribution in [0.1, 0.15) is 25.3 Å². The number of carbonyl (C=O) groups excluding carboxylic acids is 1. The molecule has 2 aliphatic rings. The molecule has 30 heavy (non-hydrogen) atoms. The highest BCUT2D eigenvalue weighted by molar-refractivity contribution is 14.0. The van der Waals surface area contributed by atoms with Crippen LogP contribution in [0.2, 0.25) is 0 Å². The summed E-state index contributed by atoms with van der Waals surface area (Å²) in [7, 11) is 1.54. The van der Waals surface area contributed by atoms with Crippen molar-refractivity contribution in [3.8, 4) is 11.5 Å². The van der Waals surface area contributed by atoms with E-state index in [0.29, 0.717) is 18.8 Å². The van der Waals surface area contributed by atoms with Gasteiger partial charge in [0.05, 0.1) is 20.2 Å². The number of methoxy groups -OCH3 is 1. The molecule has 168 valence electrons. The molecule has 0 aliphatic carbocycles. The predicted molar refractivity (Wildman–Crippen MR) is 129 cm³/mol. The number of likely N-dealkylation sites (tertiary alicyclic amines) is 1. The summed E-state index contributed by atoms with van der Waals surface area (Å²) in [6.07, 6.45) is 2.26. The number of nitrogens with zero attached hydrogens (tertiary/aromatic N) is 4. The van der Waals surface area contributed by atoms with Gasteiger partial charge < -0.3 is 25.0 Å². The van der Waals surface area contributed by atoms with Gasteiger partial charge in [-0.25, -0.2) is 4.99 Å². The lowest BCUT2D eigenvalue weighted by Gasteiger charge is -2.36. The lowest BCUT2D eigenvalue weighted by atomic mass is 10.2. The van der Waals surface area contributed by atoms with Gasteiger partial charge in [0.2, 0.25) is 5.91 Å². The number of rotatable bonds is 6. The van der Waals surface area contributed by atoms with Crippen LogP contribution in [0.4, 0.5) is 0 Å². The van der Waals surface area contributed by atoms with Gasteiger partial charge in [0, 0.05) is 51.4 Å². The van der Waals surface area contributed by atoms with Crippen LogP contribution in [-0.2, 0) is 11.3 Å². The van der Waals surface area contributed by atoms with Crippen LogP contribution >= 0.6 is 24.0 Å². The molecule has 3 rings (SSSR count). The molecule has 1 aromatic rings. The van der Waals surface area contributed by atoms with E-state index in [1.807, 2.05) is 24.0 Å². The maximum Gasteiger partial charge on any atom is 0.236 e. The smallest absolute Gasteiger partial charge is 0.236 e. The Bertz CT molecular complexity index is 717. The fourth-order valence-electron chi connectivity index (χ4n) is 3.82. The van der Waals surface area contributed by atoms with Crippen molar-refractivity contribution < 1.29 is 14.6 Å². The number of aromatic hydroxyl groups is 1. The molecule has 2 heterocycles. The van der Waals surface area contributed by atoms with E-state index in [1.54, 1.807) is 13.2 Å². The van der Waals surface area contributed by atoms with E-state index in [0.717, 1.165) is 70.2 Å². The Balaban J connectivity index is 0.00000320. The molecule has 0 aromatic heterocycles. The standard InChI is InChI=1S/C21H33N5O3.HI/c1-3-22-21(23-15-17-7-6-8-18(29-2)20(17)28)26-13-11-24(12-14-26)16-19(27)25-9-4-5-10-25;/h6-8,28H,3-5,9-16H2,1-2H3,(H,22,23);1H. The number of carbonyl (C=O) groups is 1. The molecule has 0 radical (unpaired) electrons. The quantitative estimate of drug-likeness (QED) is 0.331. The zero-order chi connectivity index (χ0) is 20.6. The predicted octanol–water partition coefficient (Wildman–Crippen LogP) is 1.72. The van der Waals surface area contributed by atoms with Crippen molar-refractivity contribution in [2.45, 2.75) is 26.3 Å². The average Bonchev–Trinajstić information content (AvgIpc) is 3.28. The van der Waals surface area contributed by atoms with Crippen molar-refractivity contribution in [2.24, 2.45) is 4.99 Å². The number of phenols is 1. The molecule has 1 aromatic carbocycles. The highest BCUT2D eigenvalue weighted by atomic mass is 127. The molecule has 0 bridgehead atoms. The largest absolute Gasteiger partial charge is 0.504 e. The first-order valence-electron chi connectivity index (χ1n) is 10.5. The maximum atomic E-state index is 12.4. The van der Waals surface area contributed by atoms with E-state index < -0.39 is 0 Å². The molecule has 8 nitrogen and oxygen atoms in total. The highest BCUT2D eigenvalue weighted by Crippen LogP contribution is 2.29. The van der Waals surface area contributed by atoms with Gasteiger partial charge in [-0.2, -0.15) is 0 Å². The topological polar surface area (TPSA) is 80.6 Å². The van der Waals surface area contributed by atoms with Gasteiger partial charge >= 0.3 is 0 Å². The van der Waals surface area contributed by atoms with E-state index in [1.165, 1.54) is 0 Å². The molecular weight excluding hydrogens is 497 g/mol. The minimum absolute atomic E-state index is 0. The van der Waals surface area contributed by atoms with Gasteiger partial charge in [0.25, 0.3) is 0 Å². The normalized spacial score (nSPS) is 17.6. The summed E-state index contributed by atoms with van der Waals surface area (Å²) in [6, 6.07) is 5.44. The first kappa shape index (κ1) is 24.5. The zero-order valence-corrected chi connectivity index (χ0v) is 20.3. The molecule has 0 atom stereocenters. The van der Waals surface area contributed by atoms with Crippen molar-refractivity contribution >= 4 is 35.8 Å². The van der Waals surface area contributed by atoms with Gasteiger partial charge in [-0.3, -0.25) is 9.69 Å². The van der Waals surface area contributed by atoms with Gasteiger partial charge in [-0.1, -0.05) is 12.1 Å². The molecule has 2 saturated heterocycles. The number of amides is 1. The van der Waals surface area contributed by atoms with E-state index in [2.05, 4.69) is 15.1 Å². The number of nitrogens with one attached hydrogen (secondary N) is 1.